The highest BCUT2D eigenvalue weighted by Gasteiger charge is 2.17. The van der Waals surface area contributed by atoms with E-state index in [9.17, 15) is 4.79 Å². The predicted octanol–water partition coefficient (Wildman–Crippen LogP) is 3.23. The zero-order chi connectivity index (χ0) is 15.9. The number of aliphatic hydroxyl groups is 1. The van der Waals surface area contributed by atoms with Gasteiger partial charge in [0.25, 0.3) is 0 Å². The Labute approximate surface area is 128 Å². The van der Waals surface area contributed by atoms with Crippen LogP contribution < -0.4 is 5.32 Å². The van der Waals surface area contributed by atoms with Gasteiger partial charge in [-0.25, -0.2) is 0 Å². The van der Waals surface area contributed by atoms with Crippen LogP contribution in [0.15, 0.2) is 24.3 Å². The number of carbonyl (C=O) groups is 1. The first-order chi connectivity index (χ1) is 9.84. The molecule has 0 aliphatic heterocycles. The van der Waals surface area contributed by atoms with Gasteiger partial charge in [-0.1, -0.05) is 37.6 Å². The maximum Gasteiger partial charge on any atom is 0.244 e. The number of hydrogen-bond acceptors (Lipinski definition) is 2. The van der Waals surface area contributed by atoms with Crippen molar-refractivity contribution in [1.82, 2.24) is 5.32 Å². The summed E-state index contributed by atoms with van der Waals surface area (Å²) in [5.41, 5.74) is 3.46. The summed E-state index contributed by atoms with van der Waals surface area (Å²) in [5, 5.41) is 11.8. The van der Waals surface area contributed by atoms with Gasteiger partial charge in [0.1, 0.15) is 0 Å². The monoisotopic (exact) mass is 289 g/mol. The number of benzene rings is 1. The standard InChI is InChI=1S/C18H27NO2/c1-14-6-7-16(15(2)12-14)8-9-17(21)19-13-18(3,4)10-5-11-20/h6-9,12,20H,5,10-11,13H2,1-4H3,(H,19,21)/b9-8+. The van der Waals surface area contributed by atoms with Crippen molar-refractivity contribution in [2.24, 2.45) is 5.41 Å². The number of amides is 1. The summed E-state index contributed by atoms with van der Waals surface area (Å²) in [6.45, 7) is 9.10. The minimum absolute atomic E-state index is 0.00596. The minimum Gasteiger partial charge on any atom is -0.396 e. The number of aryl methyl sites for hydroxylation is 2. The lowest BCUT2D eigenvalue weighted by atomic mass is 9.88. The highest BCUT2D eigenvalue weighted by atomic mass is 16.2. The van der Waals surface area contributed by atoms with E-state index in [1.54, 1.807) is 6.08 Å². The van der Waals surface area contributed by atoms with Gasteiger partial charge in [0, 0.05) is 19.2 Å². The van der Waals surface area contributed by atoms with Crippen LogP contribution in [0, 0.1) is 19.3 Å². The van der Waals surface area contributed by atoms with Gasteiger partial charge in [0.2, 0.25) is 5.91 Å². The normalized spacial score (nSPS) is 11.9. The fraction of sp³-hybridized carbons (Fsp3) is 0.500. The molecule has 0 unspecified atom stereocenters. The van der Waals surface area contributed by atoms with E-state index in [1.165, 1.54) is 11.1 Å². The van der Waals surface area contributed by atoms with Gasteiger partial charge in [-0.3, -0.25) is 4.79 Å². The van der Waals surface area contributed by atoms with Crippen LogP contribution in [0.4, 0.5) is 0 Å². The summed E-state index contributed by atoms with van der Waals surface area (Å²) >= 11 is 0. The molecule has 0 saturated carbocycles. The predicted molar refractivity (Wildman–Crippen MR) is 88.1 cm³/mol. The van der Waals surface area contributed by atoms with Crippen LogP contribution in [0.3, 0.4) is 0 Å². The van der Waals surface area contributed by atoms with Gasteiger partial charge in [-0.2, -0.15) is 0 Å². The largest absolute Gasteiger partial charge is 0.396 e. The van der Waals surface area contributed by atoms with Crippen molar-refractivity contribution in [3.05, 3.63) is 41.0 Å². The number of nitrogens with one attached hydrogen (secondary N) is 1. The van der Waals surface area contributed by atoms with E-state index in [-0.39, 0.29) is 17.9 Å². The topological polar surface area (TPSA) is 49.3 Å². The zero-order valence-electron chi connectivity index (χ0n) is 13.6. The van der Waals surface area contributed by atoms with E-state index in [1.807, 2.05) is 25.1 Å². The van der Waals surface area contributed by atoms with Crippen molar-refractivity contribution >= 4 is 12.0 Å². The summed E-state index contributed by atoms with van der Waals surface area (Å²) in [6, 6.07) is 6.18. The van der Waals surface area contributed by atoms with Crippen LogP contribution in [0.25, 0.3) is 6.08 Å². The molecular formula is C18H27NO2. The highest BCUT2D eigenvalue weighted by molar-refractivity contribution is 5.91. The van der Waals surface area contributed by atoms with Crippen LogP contribution in [0.2, 0.25) is 0 Å². The molecule has 2 N–H and O–H groups in total. The second-order valence-corrected chi connectivity index (χ2v) is 6.40. The van der Waals surface area contributed by atoms with E-state index in [0.717, 1.165) is 18.4 Å². The van der Waals surface area contributed by atoms with Crippen molar-refractivity contribution in [3.8, 4) is 0 Å². The molecule has 0 aromatic heterocycles. The van der Waals surface area contributed by atoms with Crippen molar-refractivity contribution in [2.45, 2.75) is 40.5 Å². The Morgan fingerprint density at radius 1 is 1.33 bits per heavy atom. The lowest BCUT2D eigenvalue weighted by molar-refractivity contribution is -0.116. The lowest BCUT2D eigenvalue weighted by Crippen LogP contribution is -2.33. The summed E-state index contributed by atoms with van der Waals surface area (Å²) in [4.78, 5) is 11.9. The summed E-state index contributed by atoms with van der Waals surface area (Å²) in [6.07, 6.45) is 5.09. The first-order valence-corrected chi connectivity index (χ1v) is 7.48. The third kappa shape index (κ3) is 6.58. The van der Waals surface area contributed by atoms with Gasteiger partial charge in [-0.15, -0.1) is 0 Å². The van der Waals surface area contributed by atoms with E-state index < -0.39 is 0 Å². The van der Waals surface area contributed by atoms with Crippen molar-refractivity contribution in [2.75, 3.05) is 13.2 Å². The van der Waals surface area contributed by atoms with Gasteiger partial charge in [0.05, 0.1) is 0 Å². The van der Waals surface area contributed by atoms with Crippen molar-refractivity contribution < 1.29 is 9.90 Å². The molecule has 0 atom stereocenters. The van der Waals surface area contributed by atoms with Gasteiger partial charge in [0.15, 0.2) is 0 Å². The average molecular weight is 289 g/mol. The van der Waals surface area contributed by atoms with Crippen LogP contribution in [-0.2, 0) is 4.79 Å². The summed E-state index contributed by atoms with van der Waals surface area (Å²) in [7, 11) is 0. The number of hydrogen-bond donors (Lipinski definition) is 2. The second kappa shape index (κ2) is 7.99. The molecule has 1 rings (SSSR count). The molecule has 1 amide bonds. The molecule has 3 nitrogen and oxygen atoms in total. The molecule has 0 aliphatic rings. The number of rotatable bonds is 7. The molecule has 0 fully saturated rings. The fourth-order valence-electron chi connectivity index (χ4n) is 2.21. The van der Waals surface area contributed by atoms with Crippen LogP contribution in [0.1, 0.15) is 43.4 Å². The Hall–Kier alpha value is -1.61. The first kappa shape index (κ1) is 17.4. The fourth-order valence-corrected chi connectivity index (χ4v) is 2.21. The third-order valence-corrected chi connectivity index (χ3v) is 3.59. The molecule has 1 aromatic carbocycles. The minimum atomic E-state index is -0.0768. The molecule has 116 valence electrons. The van der Waals surface area contributed by atoms with Gasteiger partial charge >= 0.3 is 0 Å². The zero-order valence-corrected chi connectivity index (χ0v) is 13.6. The third-order valence-electron chi connectivity index (χ3n) is 3.59. The molecule has 0 saturated heterocycles. The maximum absolute atomic E-state index is 11.9. The summed E-state index contributed by atoms with van der Waals surface area (Å²) < 4.78 is 0. The molecule has 0 aliphatic carbocycles. The molecule has 21 heavy (non-hydrogen) atoms. The van der Waals surface area contributed by atoms with Crippen molar-refractivity contribution in [3.63, 3.8) is 0 Å². The Balaban J connectivity index is 2.51. The number of aliphatic hydroxyl groups excluding tert-OH is 1. The molecule has 0 radical (unpaired) electrons. The Morgan fingerprint density at radius 2 is 2.05 bits per heavy atom. The highest BCUT2D eigenvalue weighted by Crippen LogP contribution is 2.20. The summed E-state index contributed by atoms with van der Waals surface area (Å²) in [5.74, 6) is -0.0768. The quantitative estimate of drug-likeness (QED) is 0.757. The SMILES string of the molecule is Cc1ccc(/C=C/C(=O)NCC(C)(C)CCCO)c(C)c1. The average Bonchev–Trinajstić information content (AvgIpc) is 2.42. The second-order valence-electron chi connectivity index (χ2n) is 6.40. The molecular weight excluding hydrogens is 262 g/mol. The smallest absolute Gasteiger partial charge is 0.244 e. The Bertz CT molecular complexity index is 504. The van der Waals surface area contributed by atoms with E-state index in [4.69, 9.17) is 5.11 Å². The Morgan fingerprint density at radius 3 is 2.67 bits per heavy atom. The van der Waals surface area contributed by atoms with Gasteiger partial charge < -0.3 is 10.4 Å². The lowest BCUT2D eigenvalue weighted by Gasteiger charge is -2.24. The van der Waals surface area contributed by atoms with E-state index in [0.29, 0.717) is 6.54 Å². The van der Waals surface area contributed by atoms with Crippen LogP contribution in [-0.4, -0.2) is 24.2 Å². The Kier molecular flexibility index (Phi) is 6.63. The maximum atomic E-state index is 11.9. The van der Waals surface area contributed by atoms with Gasteiger partial charge in [-0.05, 0) is 49.3 Å². The molecule has 0 bridgehead atoms. The van der Waals surface area contributed by atoms with E-state index >= 15 is 0 Å². The first-order valence-electron chi connectivity index (χ1n) is 7.48. The van der Waals surface area contributed by atoms with Crippen molar-refractivity contribution in [1.29, 1.82) is 0 Å². The number of carbonyl (C=O) groups excluding carboxylic acids is 1. The van der Waals surface area contributed by atoms with E-state index in [2.05, 4.69) is 32.2 Å². The van der Waals surface area contributed by atoms with Crippen LogP contribution >= 0.6 is 0 Å². The van der Waals surface area contributed by atoms with Crippen LogP contribution in [0.5, 0.6) is 0 Å². The molecule has 3 heteroatoms. The molecule has 0 heterocycles. The molecule has 1 aromatic rings. The molecule has 0 spiro atoms.